The maximum absolute atomic E-state index is 13.5. The van der Waals surface area contributed by atoms with Crippen LogP contribution in [0.15, 0.2) is 53.6 Å². The van der Waals surface area contributed by atoms with E-state index in [1.165, 1.54) is 17.9 Å². The van der Waals surface area contributed by atoms with Crippen LogP contribution in [0.2, 0.25) is 0 Å². The first kappa shape index (κ1) is 27.8. The first-order valence-electron chi connectivity index (χ1n) is 12.3. The predicted molar refractivity (Wildman–Crippen MR) is 145 cm³/mol. The molecule has 0 saturated carbocycles. The van der Waals surface area contributed by atoms with E-state index in [9.17, 15) is 23.1 Å². The monoisotopic (exact) mass is 550 g/mol. The number of aryl methyl sites for hydroxylation is 1. The van der Waals surface area contributed by atoms with Crippen LogP contribution >= 0.6 is 0 Å². The largest absolute Gasteiger partial charge is 0.479 e. The number of rotatable bonds is 8. The SMILES string of the molecule is Cc1ccc2[nH]c(S(=O)(=O)N3CC(=O)N(Cc4ccc(C(=N)N(C)CCC#N)cc4)C(C)(C(=O)O)C3)cc2c1. The second-order valence-corrected chi connectivity index (χ2v) is 11.8. The maximum atomic E-state index is 13.5. The zero-order valence-electron chi connectivity index (χ0n) is 21.9. The zero-order valence-corrected chi connectivity index (χ0v) is 22.7. The topological polar surface area (TPSA) is 162 Å². The van der Waals surface area contributed by atoms with E-state index in [1.807, 2.05) is 25.1 Å². The van der Waals surface area contributed by atoms with Crippen molar-refractivity contribution in [3.63, 3.8) is 0 Å². The van der Waals surface area contributed by atoms with Crippen molar-refractivity contribution in [2.75, 3.05) is 26.7 Å². The number of nitrogens with one attached hydrogen (secondary N) is 2. The second-order valence-electron chi connectivity index (χ2n) is 9.93. The maximum Gasteiger partial charge on any atom is 0.330 e. The molecular formula is C27H30N6O5S. The van der Waals surface area contributed by atoms with Crippen LogP contribution in [0.1, 0.15) is 30.0 Å². The van der Waals surface area contributed by atoms with Gasteiger partial charge in [-0.1, -0.05) is 35.9 Å². The second kappa shape index (κ2) is 10.5. The smallest absolute Gasteiger partial charge is 0.330 e. The zero-order chi connectivity index (χ0) is 28.5. The van der Waals surface area contributed by atoms with E-state index in [1.54, 1.807) is 42.3 Å². The predicted octanol–water partition coefficient (Wildman–Crippen LogP) is 2.52. The Labute approximate surface area is 226 Å². The highest BCUT2D eigenvalue weighted by Crippen LogP contribution is 2.30. The van der Waals surface area contributed by atoms with Crippen molar-refractivity contribution in [1.29, 1.82) is 10.7 Å². The van der Waals surface area contributed by atoms with Crippen LogP contribution in [-0.4, -0.2) is 82.5 Å². The number of H-pyrrole nitrogens is 1. The van der Waals surface area contributed by atoms with E-state index in [4.69, 9.17) is 10.7 Å². The number of carbonyl (C=O) groups excluding carboxylic acids is 1. The summed E-state index contributed by atoms with van der Waals surface area (Å²) >= 11 is 0. The van der Waals surface area contributed by atoms with Crippen LogP contribution in [-0.2, 0) is 26.2 Å². The number of carboxylic acid groups (broad SMARTS) is 1. The van der Waals surface area contributed by atoms with Crippen molar-refractivity contribution in [1.82, 2.24) is 19.1 Å². The molecule has 0 aliphatic carbocycles. The lowest BCUT2D eigenvalue weighted by molar-refractivity contribution is -0.164. The summed E-state index contributed by atoms with van der Waals surface area (Å²) in [6, 6.07) is 15.8. The Kier molecular flexibility index (Phi) is 7.50. The van der Waals surface area contributed by atoms with E-state index in [-0.39, 0.29) is 23.8 Å². The van der Waals surface area contributed by atoms with Crippen LogP contribution in [0.3, 0.4) is 0 Å². The highest BCUT2D eigenvalue weighted by molar-refractivity contribution is 7.89. The van der Waals surface area contributed by atoms with E-state index < -0.39 is 40.5 Å². The van der Waals surface area contributed by atoms with Gasteiger partial charge in [0, 0.05) is 43.1 Å². The van der Waals surface area contributed by atoms with Crippen LogP contribution in [0.5, 0.6) is 0 Å². The standard InChI is InChI=1S/C27H30N6O5S/c1-18-5-10-22-21(13-18)14-23(30-22)39(37,38)32-16-24(34)33(27(2,17-32)26(35)36)15-19-6-8-20(9-7-19)25(29)31(3)12-4-11-28/h5-10,13-14,29-30H,4,12,15-17H2,1-3H3,(H,35,36). The number of benzene rings is 2. The number of amidine groups is 1. The Hall–Kier alpha value is -4.21. The molecule has 4 rings (SSSR count). The first-order valence-corrected chi connectivity index (χ1v) is 13.7. The third kappa shape index (κ3) is 5.36. The minimum absolute atomic E-state index is 0.0426. The molecule has 1 atom stereocenters. The van der Waals surface area contributed by atoms with Crippen molar-refractivity contribution < 1.29 is 23.1 Å². The van der Waals surface area contributed by atoms with Gasteiger partial charge in [-0.15, -0.1) is 0 Å². The quantitative estimate of drug-likeness (QED) is 0.287. The Morgan fingerprint density at radius 2 is 1.92 bits per heavy atom. The van der Waals surface area contributed by atoms with Crippen molar-refractivity contribution in [2.24, 2.45) is 0 Å². The molecule has 2 heterocycles. The molecule has 2 aromatic carbocycles. The molecule has 12 heteroatoms. The normalized spacial score (nSPS) is 18.2. The van der Waals surface area contributed by atoms with Crippen molar-refractivity contribution >= 4 is 38.6 Å². The van der Waals surface area contributed by atoms with E-state index in [0.717, 1.165) is 9.87 Å². The molecule has 0 bridgehead atoms. The lowest BCUT2D eigenvalue weighted by Crippen LogP contribution is -2.67. The molecule has 1 fully saturated rings. The summed E-state index contributed by atoms with van der Waals surface area (Å²) in [5.41, 5.74) is 1.01. The van der Waals surface area contributed by atoms with Crippen LogP contribution in [0.4, 0.5) is 0 Å². The number of piperazine rings is 1. The van der Waals surface area contributed by atoms with Crippen LogP contribution in [0.25, 0.3) is 10.9 Å². The number of nitrogens with zero attached hydrogens (tertiary/aromatic N) is 4. The molecule has 1 aliphatic heterocycles. The van der Waals surface area contributed by atoms with Gasteiger partial charge < -0.3 is 19.9 Å². The van der Waals surface area contributed by atoms with Gasteiger partial charge in [-0.3, -0.25) is 10.2 Å². The number of hydrogen-bond acceptors (Lipinski definition) is 6. The molecule has 1 amide bonds. The van der Waals surface area contributed by atoms with Crippen molar-refractivity contribution in [2.45, 2.75) is 37.4 Å². The van der Waals surface area contributed by atoms with Crippen LogP contribution < -0.4 is 0 Å². The van der Waals surface area contributed by atoms with Gasteiger partial charge >= 0.3 is 5.97 Å². The number of hydrogen-bond donors (Lipinski definition) is 3. The summed E-state index contributed by atoms with van der Waals surface area (Å²) in [5, 5.41) is 27.8. The number of carbonyl (C=O) groups is 2. The lowest BCUT2D eigenvalue weighted by atomic mass is 9.96. The average Bonchev–Trinajstić information content (AvgIpc) is 3.33. The van der Waals surface area contributed by atoms with E-state index in [0.29, 0.717) is 28.6 Å². The van der Waals surface area contributed by atoms with Gasteiger partial charge in [0.25, 0.3) is 10.0 Å². The molecule has 1 saturated heterocycles. The fourth-order valence-corrected chi connectivity index (χ4v) is 6.11. The third-order valence-corrected chi connectivity index (χ3v) is 8.75. The molecule has 0 spiro atoms. The van der Waals surface area contributed by atoms with Gasteiger partial charge in [0.05, 0.1) is 19.0 Å². The Bertz CT molecular complexity index is 1590. The van der Waals surface area contributed by atoms with Crippen molar-refractivity contribution in [3.8, 4) is 6.07 Å². The van der Waals surface area contributed by atoms with Gasteiger partial charge in [0.2, 0.25) is 5.91 Å². The highest BCUT2D eigenvalue weighted by Gasteiger charge is 2.50. The highest BCUT2D eigenvalue weighted by atomic mass is 32.2. The van der Waals surface area contributed by atoms with Gasteiger partial charge in [-0.25, -0.2) is 13.2 Å². The molecule has 1 unspecified atom stereocenters. The number of fused-ring (bicyclic) bond motifs is 1. The average molecular weight is 551 g/mol. The first-order chi connectivity index (χ1) is 18.4. The molecule has 3 aromatic rings. The summed E-state index contributed by atoms with van der Waals surface area (Å²) in [6.45, 7) is 2.69. The fourth-order valence-electron chi connectivity index (χ4n) is 4.62. The van der Waals surface area contributed by atoms with Gasteiger partial charge in [0.1, 0.15) is 10.9 Å². The van der Waals surface area contributed by atoms with Gasteiger partial charge in [-0.2, -0.15) is 9.57 Å². The Balaban J connectivity index is 1.56. The molecule has 1 aliphatic rings. The molecule has 11 nitrogen and oxygen atoms in total. The summed E-state index contributed by atoms with van der Waals surface area (Å²) in [6.07, 6.45) is 0.286. The number of aromatic nitrogens is 1. The summed E-state index contributed by atoms with van der Waals surface area (Å²) < 4.78 is 27.9. The minimum Gasteiger partial charge on any atom is -0.479 e. The Morgan fingerprint density at radius 3 is 2.56 bits per heavy atom. The number of aromatic amines is 1. The fraction of sp³-hybridized carbons (Fsp3) is 0.333. The summed E-state index contributed by atoms with van der Waals surface area (Å²) in [5.74, 6) is -1.72. The molecular weight excluding hydrogens is 520 g/mol. The van der Waals surface area contributed by atoms with Crippen molar-refractivity contribution in [3.05, 3.63) is 65.2 Å². The van der Waals surface area contributed by atoms with Gasteiger partial charge in [-0.05, 0) is 37.6 Å². The van der Waals surface area contributed by atoms with E-state index in [2.05, 4.69) is 4.98 Å². The van der Waals surface area contributed by atoms with Crippen LogP contribution in [0, 0.1) is 23.7 Å². The number of nitriles is 1. The summed E-state index contributed by atoms with van der Waals surface area (Å²) in [4.78, 5) is 31.4. The molecule has 0 radical (unpaired) electrons. The van der Waals surface area contributed by atoms with E-state index >= 15 is 0 Å². The molecule has 204 valence electrons. The Morgan fingerprint density at radius 1 is 1.23 bits per heavy atom. The number of amides is 1. The number of aliphatic carboxylic acids is 1. The lowest BCUT2D eigenvalue weighted by Gasteiger charge is -2.45. The molecule has 39 heavy (non-hydrogen) atoms. The number of carboxylic acids is 1. The molecule has 1 aromatic heterocycles. The number of sulfonamides is 1. The minimum atomic E-state index is -4.18. The van der Waals surface area contributed by atoms with Gasteiger partial charge in [0.15, 0.2) is 5.54 Å². The third-order valence-electron chi connectivity index (χ3n) is 7.03. The summed E-state index contributed by atoms with van der Waals surface area (Å²) in [7, 11) is -2.46. The molecule has 3 N–H and O–H groups in total.